The van der Waals surface area contributed by atoms with Crippen LogP contribution in [0.4, 0.5) is 8.78 Å². The Balaban J connectivity index is 0.00000272. The first-order valence-corrected chi connectivity index (χ1v) is 10.5. The van der Waals surface area contributed by atoms with Gasteiger partial charge in [0.25, 0.3) is 5.91 Å². The highest BCUT2D eigenvalue weighted by Crippen LogP contribution is 2.33. The quantitative estimate of drug-likeness (QED) is 0.736. The molecule has 4 rings (SSSR count). The molecule has 0 saturated carbocycles. The van der Waals surface area contributed by atoms with Gasteiger partial charge in [-0.2, -0.15) is 0 Å². The van der Waals surface area contributed by atoms with Gasteiger partial charge in [0.2, 0.25) is 0 Å². The van der Waals surface area contributed by atoms with Crippen molar-refractivity contribution in [3.05, 3.63) is 65.5 Å². The van der Waals surface area contributed by atoms with E-state index in [1.54, 1.807) is 29.3 Å². The Morgan fingerprint density at radius 3 is 2.58 bits per heavy atom. The van der Waals surface area contributed by atoms with Crippen molar-refractivity contribution >= 4 is 5.91 Å². The van der Waals surface area contributed by atoms with Crippen molar-refractivity contribution in [1.82, 2.24) is 14.8 Å². The molecule has 168 valence electrons. The first-order valence-electron chi connectivity index (χ1n) is 10.5. The van der Waals surface area contributed by atoms with Gasteiger partial charge in [-0.1, -0.05) is 19.6 Å². The summed E-state index contributed by atoms with van der Waals surface area (Å²) in [6.07, 6.45) is 3.63. The van der Waals surface area contributed by atoms with E-state index in [-0.39, 0.29) is 30.8 Å². The number of morpholine rings is 1. The second-order valence-electron chi connectivity index (χ2n) is 8.30. The maximum atomic E-state index is 14.1. The van der Waals surface area contributed by atoms with Gasteiger partial charge in [-0.25, -0.2) is 8.78 Å². The third-order valence-corrected chi connectivity index (χ3v) is 6.07. The van der Waals surface area contributed by atoms with Crippen LogP contribution in [-0.4, -0.2) is 65.1 Å². The van der Waals surface area contributed by atoms with E-state index in [4.69, 9.17) is 4.74 Å². The zero-order chi connectivity index (χ0) is 21.1. The predicted octanol–water partition coefficient (Wildman–Crippen LogP) is 3.93. The number of amides is 1. The van der Waals surface area contributed by atoms with E-state index in [1.807, 2.05) is 6.92 Å². The van der Waals surface area contributed by atoms with E-state index < -0.39 is 11.4 Å². The highest BCUT2D eigenvalue weighted by Gasteiger charge is 2.43. The van der Waals surface area contributed by atoms with Crippen molar-refractivity contribution in [1.29, 1.82) is 0 Å². The van der Waals surface area contributed by atoms with Gasteiger partial charge in [-0.05, 0) is 44.0 Å². The molecule has 3 heterocycles. The Morgan fingerprint density at radius 1 is 1.16 bits per heavy atom. The Labute approximate surface area is 183 Å². The average molecular weight is 432 g/mol. The molecule has 1 amide bonds. The molecule has 2 aliphatic rings. The number of pyridine rings is 1. The third kappa shape index (κ3) is 5.28. The maximum Gasteiger partial charge on any atom is 0.257 e. The molecule has 1 spiro atoms. The molecular formula is C24H31F2N3O2. The largest absolute Gasteiger partial charge is 0.368 e. The van der Waals surface area contributed by atoms with E-state index in [0.29, 0.717) is 25.2 Å². The summed E-state index contributed by atoms with van der Waals surface area (Å²) in [7, 11) is 0. The van der Waals surface area contributed by atoms with Gasteiger partial charge in [0, 0.05) is 38.8 Å². The molecule has 0 radical (unpaired) electrons. The summed E-state index contributed by atoms with van der Waals surface area (Å²) < 4.78 is 34.2. The zero-order valence-corrected chi connectivity index (χ0v) is 17.2. The molecule has 2 fully saturated rings. The summed E-state index contributed by atoms with van der Waals surface area (Å²) in [5.74, 6) is -1.04. The van der Waals surface area contributed by atoms with Crippen molar-refractivity contribution in [3.63, 3.8) is 0 Å². The number of hydrogen-bond acceptors (Lipinski definition) is 4. The normalized spacial score (nSPS) is 21.0. The molecule has 1 unspecified atom stereocenters. The molecule has 1 aromatic carbocycles. The van der Waals surface area contributed by atoms with Crippen LogP contribution in [0.15, 0.2) is 42.6 Å². The minimum atomic E-state index is -0.493. The Kier molecular flexibility index (Phi) is 7.38. The number of rotatable bonds is 4. The Morgan fingerprint density at radius 2 is 1.87 bits per heavy atom. The van der Waals surface area contributed by atoms with E-state index in [1.165, 1.54) is 18.2 Å². The van der Waals surface area contributed by atoms with Crippen LogP contribution in [0.3, 0.4) is 0 Å². The van der Waals surface area contributed by atoms with Crippen LogP contribution in [0.25, 0.3) is 0 Å². The van der Waals surface area contributed by atoms with E-state index in [9.17, 15) is 13.6 Å². The lowest BCUT2D eigenvalue weighted by Crippen LogP contribution is -2.60. The summed E-state index contributed by atoms with van der Waals surface area (Å²) in [6, 6.07) is 9.14. The number of ether oxygens (including phenoxy) is 1. The smallest absolute Gasteiger partial charge is 0.257 e. The fourth-order valence-corrected chi connectivity index (χ4v) is 4.51. The fraction of sp³-hybridized carbons (Fsp3) is 0.500. The van der Waals surface area contributed by atoms with Gasteiger partial charge in [0.1, 0.15) is 11.6 Å². The van der Waals surface area contributed by atoms with Gasteiger partial charge < -0.3 is 14.5 Å². The van der Waals surface area contributed by atoms with Crippen molar-refractivity contribution in [2.75, 3.05) is 32.7 Å². The molecular weight excluding hydrogens is 400 g/mol. The summed E-state index contributed by atoms with van der Waals surface area (Å²) in [5.41, 5.74) is 0.185. The number of carbonyl (C=O) groups excluding carboxylic acids is 1. The molecule has 0 N–H and O–H groups in total. The standard InChI is InChI=1S/C23H27F2N3O2.CH4/c1-17-15-28(22(29)18-5-2-3-6-19(18)24)16-23(30-17)9-13-27(14-10-23)12-8-21-20(25)7-4-11-26-21;/h2-7,11,17H,8-10,12-16H2,1H3;1H4. The molecule has 31 heavy (non-hydrogen) atoms. The Hall–Kier alpha value is -2.38. The monoisotopic (exact) mass is 431 g/mol. The van der Waals surface area contributed by atoms with Crippen molar-refractivity contribution in [2.45, 2.75) is 45.3 Å². The topological polar surface area (TPSA) is 45.7 Å². The summed E-state index contributed by atoms with van der Waals surface area (Å²) >= 11 is 0. The minimum Gasteiger partial charge on any atom is -0.368 e. The molecule has 2 aliphatic heterocycles. The van der Waals surface area contributed by atoms with Gasteiger partial charge >= 0.3 is 0 Å². The van der Waals surface area contributed by atoms with Crippen LogP contribution < -0.4 is 0 Å². The highest BCUT2D eigenvalue weighted by atomic mass is 19.1. The summed E-state index contributed by atoms with van der Waals surface area (Å²) in [5, 5.41) is 0. The van der Waals surface area contributed by atoms with Gasteiger partial charge in [0.05, 0.1) is 29.5 Å². The first-order chi connectivity index (χ1) is 14.5. The second-order valence-corrected chi connectivity index (χ2v) is 8.30. The lowest BCUT2D eigenvalue weighted by molar-refractivity contribution is -0.161. The van der Waals surface area contributed by atoms with Crippen LogP contribution in [0.1, 0.15) is 43.2 Å². The first kappa shape index (κ1) is 23.3. The average Bonchev–Trinajstić information content (AvgIpc) is 2.74. The van der Waals surface area contributed by atoms with E-state index in [0.717, 1.165) is 32.5 Å². The van der Waals surface area contributed by atoms with Crippen LogP contribution in [0.2, 0.25) is 0 Å². The second kappa shape index (κ2) is 9.83. The van der Waals surface area contributed by atoms with Crippen molar-refractivity contribution in [3.8, 4) is 0 Å². The van der Waals surface area contributed by atoms with Crippen molar-refractivity contribution < 1.29 is 18.3 Å². The maximum absolute atomic E-state index is 14.1. The van der Waals surface area contributed by atoms with Gasteiger partial charge in [-0.3, -0.25) is 9.78 Å². The SMILES string of the molecule is C.CC1CN(C(=O)c2ccccc2F)CC2(CCN(CCc3ncccc3F)CC2)O1. The van der Waals surface area contributed by atoms with Gasteiger partial charge in [0.15, 0.2) is 0 Å². The van der Waals surface area contributed by atoms with E-state index >= 15 is 0 Å². The number of piperidine rings is 1. The fourth-order valence-electron chi connectivity index (χ4n) is 4.51. The van der Waals surface area contributed by atoms with Crippen LogP contribution >= 0.6 is 0 Å². The van der Waals surface area contributed by atoms with Crippen LogP contribution in [-0.2, 0) is 11.2 Å². The highest BCUT2D eigenvalue weighted by molar-refractivity contribution is 5.94. The number of benzene rings is 1. The third-order valence-electron chi connectivity index (χ3n) is 6.07. The number of nitrogens with zero attached hydrogens (tertiary/aromatic N) is 3. The Bertz CT molecular complexity index is 900. The van der Waals surface area contributed by atoms with Crippen molar-refractivity contribution in [2.24, 2.45) is 0 Å². The number of likely N-dealkylation sites (tertiary alicyclic amines) is 1. The zero-order valence-electron chi connectivity index (χ0n) is 17.2. The molecule has 7 heteroatoms. The molecule has 2 saturated heterocycles. The predicted molar refractivity (Wildman–Crippen MR) is 116 cm³/mol. The van der Waals surface area contributed by atoms with Crippen LogP contribution in [0.5, 0.6) is 0 Å². The molecule has 0 aliphatic carbocycles. The lowest BCUT2D eigenvalue weighted by atomic mass is 9.88. The van der Waals surface area contributed by atoms with Gasteiger partial charge in [-0.15, -0.1) is 0 Å². The number of carbonyl (C=O) groups is 1. The van der Waals surface area contributed by atoms with Crippen LogP contribution in [0, 0.1) is 11.6 Å². The summed E-state index contributed by atoms with van der Waals surface area (Å²) in [4.78, 5) is 21.1. The number of halogens is 2. The molecule has 5 nitrogen and oxygen atoms in total. The molecule has 1 atom stereocenters. The molecule has 1 aromatic heterocycles. The molecule has 2 aromatic rings. The number of aromatic nitrogens is 1. The molecule has 0 bridgehead atoms. The van der Waals surface area contributed by atoms with E-state index in [2.05, 4.69) is 9.88 Å². The number of hydrogen-bond donors (Lipinski definition) is 0. The summed E-state index contributed by atoms with van der Waals surface area (Å²) in [6.45, 7) is 5.23. The minimum absolute atomic E-state index is 0. The lowest BCUT2D eigenvalue weighted by Gasteiger charge is -2.49.